The Morgan fingerprint density at radius 2 is 1.81 bits per heavy atom. The summed E-state index contributed by atoms with van der Waals surface area (Å²) in [5.41, 5.74) is 11.8. The number of hydrogen-bond donors (Lipinski definition) is 2. The number of fused-ring (bicyclic) bond motifs is 1. The molecule has 2 aromatic carbocycles. The maximum Gasteiger partial charge on any atom is 0.234 e. The SMILES string of the molecule is COc1cc(-c2ccc3nc(-c4cccnc4N)n(-c4ccc(CN5CCC(Nc6ccnc(C#N)n6)CC5)cc4)c3n2)ccc1F. The zero-order valence-corrected chi connectivity index (χ0v) is 25.6. The highest BCUT2D eigenvalue weighted by molar-refractivity contribution is 5.84. The molecule has 0 atom stereocenters. The molecule has 1 aliphatic rings. The number of pyridine rings is 2. The Bertz CT molecular complexity index is 2100. The molecule has 0 amide bonds. The van der Waals surface area contributed by atoms with Crippen molar-refractivity contribution in [3.63, 3.8) is 0 Å². The molecule has 0 saturated carbocycles. The minimum atomic E-state index is -0.435. The number of nitrogens with zero attached hydrogens (tertiary/aromatic N) is 8. The summed E-state index contributed by atoms with van der Waals surface area (Å²) in [5, 5.41) is 12.5. The van der Waals surface area contributed by atoms with Crippen LogP contribution < -0.4 is 15.8 Å². The molecule has 6 aromatic rings. The van der Waals surface area contributed by atoms with Crippen molar-refractivity contribution in [2.24, 2.45) is 0 Å². The first-order valence-electron chi connectivity index (χ1n) is 15.2. The van der Waals surface area contributed by atoms with E-state index in [4.69, 9.17) is 25.7 Å². The smallest absolute Gasteiger partial charge is 0.234 e. The summed E-state index contributed by atoms with van der Waals surface area (Å²) in [6, 6.07) is 24.6. The standard InChI is InChI=1S/C35H31FN10O/c1-47-30-19-23(6-9-27(30)36)28-10-11-29-35(42-28)46(34(43-29)26-3-2-15-40-33(26)38)25-7-4-22(5-8-25)21-45-17-13-24(14-18-45)41-31-12-16-39-32(20-37)44-31/h2-12,15-16,19,24H,13-14,17-18,21H2,1H3,(H2,38,40)(H,39,41,44). The Hall–Kier alpha value is -5.93. The first-order chi connectivity index (χ1) is 23.0. The molecule has 0 aliphatic carbocycles. The van der Waals surface area contributed by atoms with Gasteiger partial charge in [-0.15, -0.1) is 0 Å². The van der Waals surface area contributed by atoms with Gasteiger partial charge in [0.15, 0.2) is 23.0 Å². The van der Waals surface area contributed by atoms with E-state index in [0.717, 1.165) is 43.7 Å². The second-order valence-corrected chi connectivity index (χ2v) is 11.3. The highest BCUT2D eigenvalue weighted by Gasteiger charge is 2.21. The van der Waals surface area contributed by atoms with Crippen LogP contribution >= 0.6 is 0 Å². The van der Waals surface area contributed by atoms with E-state index in [9.17, 15) is 4.39 Å². The van der Waals surface area contributed by atoms with Crippen LogP contribution in [0.3, 0.4) is 0 Å². The maximum absolute atomic E-state index is 14.2. The number of nitrogens with one attached hydrogen (secondary N) is 1. The number of nitriles is 1. The van der Waals surface area contributed by atoms with Crippen molar-refractivity contribution in [2.75, 3.05) is 31.2 Å². The normalized spacial score (nSPS) is 13.8. The third-order valence-electron chi connectivity index (χ3n) is 8.33. The van der Waals surface area contributed by atoms with Crippen LogP contribution in [-0.4, -0.2) is 60.6 Å². The molecule has 0 bridgehead atoms. The Balaban J connectivity index is 1.15. The molecule has 234 valence electrons. The molecule has 1 fully saturated rings. The molecule has 0 unspecified atom stereocenters. The third-order valence-corrected chi connectivity index (χ3v) is 8.33. The number of nitrogen functional groups attached to an aromatic ring is 1. The Morgan fingerprint density at radius 3 is 2.57 bits per heavy atom. The summed E-state index contributed by atoms with van der Waals surface area (Å²) in [6.45, 7) is 2.70. The maximum atomic E-state index is 14.2. The lowest BCUT2D eigenvalue weighted by Crippen LogP contribution is -2.38. The minimum Gasteiger partial charge on any atom is -0.494 e. The molecular formula is C35H31FN10O. The second-order valence-electron chi connectivity index (χ2n) is 11.3. The van der Waals surface area contributed by atoms with Crippen molar-refractivity contribution in [2.45, 2.75) is 25.4 Å². The molecule has 0 radical (unpaired) electrons. The van der Waals surface area contributed by atoms with Gasteiger partial charge in [-0.25, -0.2) is 29.3 Å². The van der Waals surface area contributed by atoms with Gasteiger partial charge in [0.25, 0.3) is 0 Å². The summed E-state index contributed by atoms with van der Waals surface area (Å²) < 4.78 is 21.3. The predicted octanol–water partition coefficient (Wildman–Crippen LogP) is 5.62. The first-order valence-corrected chi connectivity index (χ1v) is 15.2. The molecule has 1 saturated heterocycles. The molecule has 12 heteroatoms. The molecule has 47 heavy (non-hydrogen) atoms. The molecule has 3 N–H and O–H groups in total. The Morgan fingerprint density at radius 1 is 0.979 bits per heavy atom. The van der Waals surface area contributed by atoms with Gasteiger partial charge in [0.2, 0.25) is 5.82 Å². The van der Waals surface area contributed by atoms with Gasteiger partial charge in [-0.1, -0.05) is 12.1 Å². The lowest BCUT2D eigenvalue weighted by Gasteiger charge is -2.32. The summed E-state index contributed by atoms with van der Waals surface area (Å²) in [7, 11) is 1.44. The largest absolute Gasteiger partial charge is 0.494 e. The predicted molar refractivity (Wildman–Crippen MR) is 177 cm³/mol. The second kappa shape index (κ2) is 12.8. The van der Waals surface area contributed by atoms with E-state index in [1.807, 2.05) is 34.9 Å². The number of likely N-dealkylation sites (tertiary alicyclic amines) is 1. The molecule has 5 heterocycles. The average Bonchev–Trinajstić information content (AvgIpc) is 3.48. The molecule has 7 rings (SSSR count). The highest BCUT2D eigenvalue weighted by Crippen LogP contribution is 2.33. The van der Waals surface area contributed by atoms with E-state index in [0.29, 0.717) is 39.9 Å². The number of anilines is 2. The number of ether oxygens (including phenoxy) is 1. The van der Waals surface area contributed by atoms with Crippen molar-refractivity contribution in [1.82, 2.24) is 34.4 Å². The zero-order valence-electron chi connectivity index (χ0n) is 25.6. The fourth-order valence-electron chi connectivity index (χ4n) is 5.92. The first kappa shape index (κ1) is 29.8. The minimum absolute atomic E-state index is 0.151. The van der Waals surface area contributed by atoms with E-state index >= 15 is 0 Å². The van der Waals surface area contributed by atoms with E-state index in [2.05, 4.69) is 49.4 Å². The van der Waals surface area contributed by atoms with Crippen LogP contribution in [-0.2, 0) is 6.54 Å². The summed E-state index contributed by atoms with van der Waals surface area (Å²) in [6.07, 6.45) is 5.19. The number of hydrogen-bond acceptors (Lipinski definition) is 10. The van der Waals surface area contributed by atoms with Crippen LogP contribution in [0.5, 0.6) is 5.75 Å². The summed E-state index contributed by atoms with van der Waals surface area (Å²) in [4.78, 5) is 24.8. The lowest BCUT2D eigenvalue weighted by atomic mass is 10.0. The van der Waals surface area contributed by atoms with Gasteiger partial charge in [0.05, 0.1) is 18.4 Å². The van der Waals surface area contributed by atoms with Crippen LogP contribution in [0.2, 0.25) is 0 Å². The molecule has 11 nitrogen and oxygen atoms in total. The van der Waals surface area contributed by atoms with Crippen LogP contribution in [0.15, 0.2) is 85.2 Å². The highest BCUT2D eigenvalue weighted by atomic mass is 19.1. The number of rotatable bonds is 8. The van der Waals surface area contributed by atoms with E-state index in [1.54, 1.807) is 30.6 Å². The molecular weight excluding hydrogens is 595 g/mol. The van der Waals surface area contributed by atoms with Crippen molar-refractivity contribution >= 4 is 22.8 Å². The van der Waals surface area contributed by atoms with Crippen molar-refractivity contribution in [3.8, 4) is 40.2 Å². The topological polar surface area (TPSA) is 144 Å². The third kappa shape index (κ3) is 6.16. The van der Waals surface area contributed by atoms with Crippen LogP contribution in [0, 0.1) is 17.1 Å². The molecule has 4 aromatic heterocycles. The van der Waals surface area contributed by atoms with Crippen molar-refractivity contribution < 1.29 is 9.13 Å². The Kier molecular flexibility index (Phi) is 8.12. The van der Waals surface area contributed by atoms with Crippen molar-refractivity contribution in [3.05, 3.63) is 102 Å². The summed E-state index contributed by atoms with van der Waals surface area (Å²) >= 11 is 0. The zero-order chi connectivity index (χ0) is 32.3. The van der Waals surface area contributed by atoms with E-state index < -0.39 is 5.82 Å². The lowest BCUT2D eigenvalue weighted by molar-refractivity contribution is 0.211. The van der Waals surface area contributed by atoms with Gasteiger partial charge in [0.1, 0.15) is 23.2 Å². The quantitative estimate of drug-likeness (QED) is 0.219. The average molecular weight is 627 g/mol. The number of benzene rings is 2. The van der Waals surface area contributed by atoms with Gasteiger partial charge >= 0.3 is 0 Å². The van der Waals surface area contributed by atoms with Gasteiger partial charge in [-0.2, -0.15) is 5.26 Å². The van der Waals surface area contributed by atoms with Gasteiger partial charge < -0.3 is 15.8 Å². The van der Waals surface area contributed by atoms with Crippen LogP contribution in [0.1, 0.15) is 24.2 Å². The fourth-order valence-corrected chi connectivity index (χ4v) is 5.92. The number of halogens is 1. The number of nitrogens with two attached hydrogens (primary N) is 1. The van der Waals surface area contributed by atoms with E-state index in [-0.39, 0.29) is 17.6 Å². The molecule has 0 spiro atoms. The number of piperidine rings is 1. The van der Waals surface area contributed by atoms with Crippen LogP contribution in [0.4, 0.5) is 16.0 Å². The van der Waals surface area contributed by atoms with Gasteiger partial charge in [-0.05, 0) is 79.1 Å². The van der Waals surface area contributed by atoms with E-state index in [1.165, 1.54) is 18.7 Å². The Labute approximate surface area is 270 Å². The molecule has 1 aliphatic heterocycles. The van der Waals surface area contributed by atoms with Crippen molar-refractivity contribution in [1.29, 1.82) is 5.26 Å². The summed E-state index contributed by atoms with van der Waals surface area (Å²) in [5.74, 6) is 1.56. The number of aromatic nitrogens is 6. The van der Waals surface area contributed by atoms with Gasteiger partial charge in [0, 0.05) is 49.3 Å². The number of imidazole rings is 1. The van der Waals surface area contributed by atoms with Gasteiger partial charge in [-0.3, -0.25) is 9.47 Å². The van der Waals surface area contributed by atoms with Crippen LogP contribution in [0.25, 0.3) is 39.5 Å². The number of methoxy groups -OCH3 is 1. The monoisotopic (exact) mass is 626 g/mol. The fraction of sp³-hybridized carbons (Fsp3) is 0.200.